The van der Waals surface area contributed by atoms with E-state index >= 15 is 0 Å². The molecule has 1 atom stereocenters. The Kier molecular flexibility index (Phi) is 5.73. The predicted molar refractivity (Wildman–Crippen MR) is 129 cm³/mol. The van der Waals surface area contributed by atoms with Gasteiger partial charge >= 0.3 is 6.09 Å². The fourth-order valence-corrected chi connectivity index (χ4v) is 4.43. The molecule has 1 aliphatic heterocycles. The molecule has 0 bridgehead atoms. The summed E-state index contributed by atoms with van der Waals surface area (Å²) in [4.78, 5) is 29.0. The van der Waals surface area contributed by atoms with Gasteiger partial charge in [-0.1, -0.05) is 6.07 Å². The van der Waals surface area contributed by atoms with Crippen molar-refractivity contribution in [3.8, 4) is 22.6 Å². The molecular formula is C26H28N4O4. The number of nitrogens with zero attached hydrogens (tertiary/aromatic N) is 4. The second kappa shape index (κ2) is 8.85. The molecule has 8 heteroatoms. The first-order valence-corrected chi connectivity index (χ1v) is 11.5. The van der Waals surface area contributed by atoms with E-state index in [4.69, 9.17) is 9.47 Å². The third-order valence-corrected chi connectivity index (χ3v) is 6.35. The van der Waals surface area contributed by atoms with Crippen LogP contribution >= 0.6 is 0 Å². The summed E-state index contributed by atoms with van der Waals surface area (Å²) < 4.78 is 12.8. The molecule has 1 aliphatic carbocycles. The third-order valence-electron chi connectivity index (χ3n) is 6.35. The second-order valence-electron chi connectivity index (χ2n) is 8.99. The zero-order chi connectivity index (χ0) is 23.8. The summed E-state index contributed by atoms with van der Waals surface area (Å²) >= 11 is 0. The van der Waals surface area contributed by atoms with E-state index in [1.54, 1.807) is 48.1 Å². The highest BCUT2D eigenvalue weighted by Gasteiger charge is 2.35. The largest absolute Gasteiger partial charge is 0.497 e. The lowest BCUT2D eigenvalue weighted by atomic mass is 10.0. The number of carbonyl (C=O) groups is 2. The molecule has 8 nitrogen and oxygen atoms in total. The summed E-state index contributed by atoms with van der Waals surface area (Å²) in [7, 11) is 1.58. The predicted octanol–water partition coefficient (Wildman–Crippen LogP) is 4.73. The summed E-state index contributed by atoms with van der Waals surface area (Å²) in [5.74, 6) is 1.76. The Bertz CT molecular complexity index is 1220. The zero-order valence-electron chi connectivity index (χ0n) is 19.6. The van der Waals surface area contributed by atoms with Gasteiger partial charge in [0.1, 0.15) is 11.5 Å². The molecule has 1 fully saturated rings. The summed E-state index contributed by atoms with van der Waals surface area (Å²) in [6.07, 6.45) is 5.91. The maximum Gasteiger partial charge on any atom is 0.419 e. The maximum absolute atomic E-state index is 13.2. The lowest BCUT2D eigenvalue weighted by Gasteiger charge is -2.40. The van der Waals surface area contributed by atoms with E-state index in [9.17, 15) is 9.59 Å². The molecule has 0 radical (unpaired) electrons. The van der Waals surface area contributed by atoms with Crippen molar-refractivity contribution in [2.75, 3.05) is 23.5 Å². The molecule has 2 aromatic carbocycles. The van der Waals surface area contributed by atoms with Crippen molar-refractivity contribution in [2.24, 2.45) is 5.92 Å². The van der Waals surface area contributed by atoms with Crippen molar-refractivity contribution >= 4 is 23.4 Å². The average molecular weight is 461 g/mol. The van der Waals surface area contributed by atoms with Gasteiger partial charge in [0.2, 0.25) is 5.91 Å². The fraction of sp³-hybridized carbons (Fsp3) is 0.346. The molecule has 0 saturated heterocycles. The van der Waals surface area contributed by atoms with Crippen LogP contribution in [0.3, 0.4) is 0 Å². The Morgan fingerprint density at radius 2 is 1.76 bits per heavy atom. The van der Waals surface area contributed by atoms with E-state index in [1.807, 2.05) is 42.2 Å². The Hall–Kier alpha value is -3.81. The van der Waals surface area contributed by atoms with Crippen molar-refractivity contribution in [3.63, 3.8) is 0 Å². The Morgan fingerprint density at radius 1 is 1.03 bits per heavy atom. The van der Waals surface area contributed by atoms with Crippen molar-refractivity contribution in [1.82, 2.24) is 9.78 Å². The van der Waals surface area contributed by atoms with E-state index in [0.717, 1.165) is 23.6 Å². The number of ether oxygens (including phenoxy) is 2. The van der Waals surface area contributed by atoms with Gasteiger partial charge in [0.15, 0.2) is 0 Å². The molecular weight excluding hydrogens is 432 g/mol. The second-order valence-corrected chi connectivity index (χ2v) is 8.99. The minimum Gasteiger partial charge on any atom is -0.497 e. The summed E-state index contributed by atoms with van der Waals surface area (Å²) in [5, 5.41) is 4.50. The van der Waals surface area contributed by atoms with E-state index in [1.165, 1.54) is 12.8 Å². The van der Waals surface area contributed by atoms with Crippen molar-refractivity contribution in [3.05, 3.63) is 54.9 Å². The van der Waals surface area contributed by atoms with E-state index in [-0.39, 0.29) is 11.9 Å². The Morgan fingerprint density at radius 3 is 2.44 bits per heavy atom. The number of benzene rings is 2. The number of carbonyl (C=O) groups excluding carboxylic acids is 2. The summed E-state index contributed by atoms with van der Waals surface area (Å²) in [6.45, 7) is 4.72. The minimum absolute atomic E-state index is 0.0677. The molecule has 3 aromatic rings. The van der Waals surface area contributed by atoms with Crippen LogP contribution in [-0.2, 0) is 11.3 Å². The van der Waals surface area contributed by atoms with Crippen LogP contribution in [0.25, 0.3) is 11.1 Å². The van der Waals surface area contributed by atoms with Gasteiger partial charge in [-0.05, 0) is 67.6 Å². The average Bonchev–Trinajstić information content (AvgIpc) is 3.52. The van der Waals surface area contributed by atoms with Crippen LogP contribution in [0.4, 0.5) is 16.2 Å². The van der Waals surface area contributed by atoms with Gasteiger partial charge in [0, 0.05) is 31.8 Å². The molecule has 34 heavy (non-hydrogen) atoms. The SMILES string of the molecule is COc1ccc(OC(=O)N2C[C@H](C)N(C(C)=O)c3ccc(-c4cnn(CC5CC5)c4)cc32)cc1. The number of anilines is 2. The molecule has 1 saturated carbocycles. The fourth-order valence-electron chi connectivity index (χ4n) is 4.43. The third kappa shape index (κ3) is 4.35. The van der Waals surface area contributed by atoms with Gasteiger partial charge in [-0.15, -0.1) is 0 Å². The first-order chi connectivity index (χ1) is 16.4. The quantitative estimate of drug-likeness (QED) is 0.550. The molecule has 176 valence electrons. The minimum atomic E-state index is -0.497. The van der Waals surface area contributed by atoms with Crippen LogP contribution in [0.5, 0.6) is 11.5 Å². The summed E-state index contributed by atoms with van der Waals surface area (Å²) in [6, 6.07) is 12.5. The normalized spacial score (nSPS) is 17.3. The van der Waals surface area contributed by atoms with E-state index < -0.39 is 6.09 Å². The number of rotatable bonds is 5. The monoisotopic (exact) mass is 460 g/mol. The van der Waals surface area contributed by atoms with Gasteiger partial charge in [-0.2, -0.15) is 5.10 Å². The van der Waals surface area contributed by atoms with Gasteiger partial charge < -0.3 is 14.4 Å². The number of amides is 2. The van der Waals surface area contributed by atoms with Gasteiger partial charge in [0.25, 0.3) is 0 Å². The van der Waals surface area contributed by atoms with Crippen LogP contribution < -0.4 is 19.3 Å². The number of fused-ring (bicyclic) bond motifs is 1. The number of hydrogen-bond donors (Lipinski definition) is 0. The van der Waals surface area contributed by atoms with Gasteiger partial charge in [0.05, 0.1) is 30.7 Å². The highest BCUT2D eigenvalue weighted by atomic mass is 16.6. The molecule has 0 spiro atoms. The van der Waals surface area contributed by atoms with Crippen LogP contribution in [-0.4, -0.2) is 41.5 Å². The molecule has 1 aromatic heterocycles. The zero-order valence-corrected chi connectivity index (χ0v) is 19.6. The Labute approximate surface area is 198 Å². The molecule has 5 rings (SSSR count). The van der Waals surface area contributed by atoms with E-state index in [2.05, 4.69) is 5.10 Å². The topological polar surface area (TPSA) is 76.9 Å². The van der Waals surface area contributed by atoms with Crippen LogP contribution in [0, 0.1) is 5.92 Å². The van der Waals surface area contributed by atoms with Gasteiger partial charge in [-0.3, -0.25) is 14.4 Å². The first kappa shape index (κ1) is 22.0. The summed E-state index contributed by atoms with van der Waals surface area (Å²) in [5.41, 5.74) is 3.23. The maximum atomic E-state index is 13.2. The molecule has 2 amide bonds. The standard InChI is InChI=1S/C26H28N4O4/c1-17-14-29(26(32)34-23-9-7-22(33-3)8-10-23)25-12-20(6-11-24(25)30(17)18(2)31)21-13-27-28(16-21)15-19-4-5-19/h6-13,16-17,19H,4-5,14-15H2,1-3H3/t17-/m0/s1. The highest BCUT2D eigenvalue weighted by Crippen LogP contribution is 2.39. The number of aromatic nitrogens is 2. The molecule has 2 aliphatic rings. The number of methoxy groups -OCH3 is 1. The molecule has 0 N–H and O–H groups in total. The smallest absolute Gasteiger partial charge is 0.419 e. The first-order valence-electron chi connectivity index (χ1n) is 11.5. The van der Waals surface area contributed by atoms with Crippen molar-refractivity contribution in [1.29, 1.82) is 0 Å². The van der Waals surface area contributed by atoms with Crippen LogP contribution in [0.15, 0.2) is 54.9 Å². The van der Waals surface area contributed by atoms with Crippen LogP contribution in [0.1, 0.15) is 26.7 Å². The lowest BCUT2D eigenvalue weighted by Crippen LogP contribution is -2.52. The Balaban J connectivity index is 1.47. The highest BCUT2D eigenvalue weighted by molar-refractivity contribution is 6.03. The van der Waals surface area contributed by atoms with E-state index in [0.29, 0.717) is 29.4 Å². The van der Waals surface area contributed by atoms with Crippen molar-refractivity contribution in [2.45, 2.75) is 39.3 Å². The number of hydrogen-bond acceptors (Lipinski definition) is 5. The molecule has 2 heterocycles. The lowest BCUT2D eigenvalue weighted by molar-refractivity contribution is -0.117. The molecule has 0 unspecified atom stereocenters. The van der Waals surface area contributed by atoms with Crippen molar-refractivity contribution < 1.29 is 19.1 Å². The van der Waals surface area contributed by atoms with Gasteiger partial charge in [-0.25, -0.2) is 4.79 Å². The van der Waals surface area contributed by atoms with Crippen LogP contribution in [0.2, 0.25) is 0 Å².